The third-order valence-corrected chi connectivity index (χ3v) is 8.84. The molecular weight excluding hydrogens is 560 g/mol. The summed E-state index contributed by atoms with van der Waals surface area (Å²) in [5, 5.41) is 2.70. The molecule has 0 aliphatic rings. The quantitative estimate of drug-likeness (QED) is 0.0836. The first-order valence-corrected chi connectivity index (χ1v) is 17.6. The van der Waals surface area contributed by atoms with Crippen LogP contribution in [-0.2, 0) is 17.8 Å². The van der Waals surface area contributed by atoms with Crippen molar-refractivity contribution in [2.75, 3.05) is 18.1 Å². The number of halogens is 1. The SMILES string of the molecule is CCCCCCCCCCCCCCCCOc1ccc(CCN(C(C)=O)c2cccc(C[n+]3ccsc3)c2)cc1Cl. The van der Waals surface area contributed by atoms with Crippen LogP contribution < -0.4 is 14.2 Å². The van der Waals surface area contributed by atoms with Crippen LogP contribution in [0.3, 0.4) is 0 Å². The standard InChI is InChI=1S/C36H52ClN2O2S/c1-3-4-5-6-7-8-9-10-11-12-13-14-15-16-25-41-36-21-20-32(28-35(36)37)22-23-39(31(2)40)34-19-17-18-33(27-34)29-38-24-26-42-30-38/h17-21,24,26-28,30H,3-16,22-23,25,29H2,1-2H3/q+1. The minimum absolute atomic E-state index is 0.0366. The third-order valence-electron chi connectivity index (χ3n) is 7.87. The molecule has 0 aliphatic heterocycles. The van der Waals surface area contributed by atoms with Crippen molar-refractivity contribution in [1.82, 2.24) is 0 Å². The van der Waals surface area contributed by atoms with Gasteiger partial charge in [-0.3, -0.25) is 4.79 Å². The van der Waals surface area contributed by atoms with Crippen LogP contribution in [0.1, 0.15) is 115 Å². The molecule has 3 rings (SSSR count). The Morgan fingerprint density at radius 1 is 0.857 bits per heavy atom. The number of ether oxygens (including phenoxy) is 1. The van der Waals surface area contributed by atoms with Crippen LogP contribution in [0.5, 0.6) is 5.75 Å². The van der Waals surface area contributed by atoms with Crippen molar-refractivity contribution < 1.29 is 14.1 Å². The molecule has 1 aromatic heterocycles. The van der Waals surface area contributed by atoms with Gasteiger partial charge in [0.2, 0.25) is 11.4 Å². The summed E-state index contributed by atoms with van der Waals surface area (Å²) >= 11 is 8.24. The van der Waals surface area contributed by atoms with Crippen LogP contribution in [0.25, 0.3) is 0 Å². The van der Waals surface area contributed by atoms with Crippen molar-refractivity contribution in [3.05, 3.63) is 75.7 Å². The Balaban J connectivity index is 1.30. The van der Waals surface area contributed by atoms with Crippen LogP contribution in [-0.4, -0.2) is 19.1 Å². The Hall–Kier alpha value is -2.37. The molecular formula is C36H52ClN2O2S+. The van der Waals surface area contributed by atoms with Gasteiger partial charge in [0.05, 0.1) is 17.0 Å². The first kappa shape index (κ1) is 34.1. The summed E-state index contributed by atoms with van der Waals surface area (Å²) in [4.78, 5) is 14.4. The fourth-order valence-electron chi connectivity index (χ4n) is 5.39. The minimum atomic E-state index is 0.0366. The van der Waals surface area contributed by atoms with E-state index in [0.717, 1.165) is 36.4 Å². The highest BCUT2D eigenvalue weighted by molar-refractivity contribution is 7.07. The van der Waals surface area contributed by atoms with Crippen LogP contribution >= 0.6 is 22.9 Å². The highest BCUT2D eigenvalue weighted by atomic mass is 35.5. The second-order valence-electron chi connectivity index (χ2n) is 11.5. The average molecular weight is 612 g/mol. The number of aromatic nitrogens is 1. The van der Waals surface area contributed by atoms with Gasteiger partial charge in [-0.25, -0.2) is 0 Å². The van der Waals surface area contributed by atoms with Crippen LogP contribution in [0.15, 0.2) is 59.6 Å². The fraction of sp³-hybridized carbons (Fsp3) is 0.556. The summed E-state index contributed by atoms with van der Waals surface area (Å²) in [6.07, 6.45) is 21.7. The molecule has 0 radical (unpaired) electrons. The predicted octanol–water partition coefficient (Wildman–Crippen LogP) is 10.2. The zero-order valence-electron chi connectivity index (χ0n) is 26.0. The van der Waals surface area contributed by atoms with E-state index in [0.29, 0.717) is 18.2 Å². The molecule has 0 saturated carbocycles. The van der Waals surface area contributed by atoms with E-state index in [2.05, 4.69) is 46.8 Å². The summed E-state index contributed by atoms with van der Waals surface area (Å²) in [5.74, 6) is 0.784. The molecule has 0 atom stereocenters. The van der Waals surface area contributed by atoms with Gasteiger partial charge in [0.25, 0.3) is 0 Å². The summed E-state index contributed by atoms with van der Waals surface area (Å²) in [6, 6.07) is 14.2. The number of carbonyl (C=O) groups is 1. The van der Waals surface area contributed by atoms with E-state index in [4.69, 9.17) is 16.3 Å². The molecule has 0 aliphatic carbocycles. The van der Waals surface area contributed by atoms with Crippen molar-refractivity contribution in [2.24, 2.45) is 0 Å². The molecule has 0 unspecified atom stereocenters. The van der Waals surface area contributed by atoms with Gasteiger partial charge in [-0.15, -0.1) is 0 Å². The van der Waals surface area contributed by atoms with Crippen molar-refractivity contribution in [3.63, 3.8) is 0 Å². The van der Waals surface area contributed by atoms with Gasteiger partial charge in [-0.1, -0.05) is 132 Å². The number of nitrogens with zero attached hydrogens (tertiary/aromatic N) is 2. The lowest BCUT2D eigenvalue weighted by atomic mass is 10.0. The molecule has 1 heterocycles. The van der Waals surface area contributed by atoms with E-state index in [-0.39, 0.29) is 5.91 Å². The molecule has 0 spiro atoms. The van der Waals surface area contributed by atoms with Crippen molar-refractivity contribution >= 4 is 34.5 Å². The Labute approximate surface area is 264 Å². The highest BCUT2D eigenvalue weighted by Gasteiger charge is 2.14. The number of unbranched alkanes of at least 4 members (excludes halogenated alkanes) is 13. The molecule has 0 bridgehead atoms. The highest BCUT2D eigenvalue weighted by Crippen LogP contribution is 2.27. The van der Waals surface area contributed by atoms with Crippen molar-refractivity contribution in [3.8, 4) is 5.75 Å². The number of amides is 1. The molecule has 6 heteroatoms. The fourth-order valence-corrected chi connectivity index (χ4v) is 6.25. The summed E-state index contributed by atoms with van der Waals surface area (Å²) in [5.41, 5.74) is 5.28. The Bertz CT molecular complexity index is 1150. The molecule has 42 heavy (non-hydrogen) atoms. The zero-order chi connectivity index (χ0) is 29.8. The van der Waals surface area contributed by atoms with E-state index in [9.17, 15) is 4.79 Å². The number of benzene rings is 2. The number of thiazole rings is 1. The summed E-state index contributed by atoms with van der Waals surface area (Å²) in [6.45, 7) is 6.00. The molecule has 0 N–H and O–H groups in total. The van der Waals surface area contributed by atoms with Crippen molar-refractivity contribution in [1.29, 1.82) is 0 Å². The second kappa shape index (κ2) is 20.5. The van der Waals surface area contributed by atoms with Gasteiger partial charge in [0.15, 0.2) is 12.7 Å². The topological polar surface area (TPSA) is 33.4 Å². The molecule has 0 fully saturated rings. The molecule has 2 aromatic carbocycles. The van der Waals surface area contributed by atoms with Crippen LogP contribution in [0, 0.1) is 0 Å². The predicted molar refractivity (Wildman–Crippen MR) is 179 cm³/mol. The van der Waals surface area contributed by atoms with Gasteiger partial charge >= 0.3 is 0 Å². The summed E-state index contributed by atoms with van der Waals surface area (Å²) < 4.78 is 8.14. The Morgan fingerprint density at radius 3 is 2.12 bits per heavy atom. The lowest BCUT2D eigenvalue weighted by Crippen LogP contribution is -2.32. The number of carbonyl (C=O) groups excluding carboxylic acids is 1. The number of hydrogen-bond acceptors (Lipinski definition) is 3. The second-order valence-corrected chi connectivity index (χ2v) is 12.7. The Morgan fingerprint density at radius 2 is 1.52 bits per heavy atom. The molecule has 230 valence electrons. The number of hydrogen-bond donors (Lipinski definition) is 0. The van der Waals surface area contributed by atoms with E-state index < -0.39 is 0 Å². The monoisotopic (exact) mass is 611 g/mol. The van der Waals surface area contributed by atoms with E-state index >= 15 is 0 Å². The lowest BCUT2D eigenvalue weighted by Gasteiger charge is -2.22. The number of rotatable bonds is 22. The summed E-state index contributed by atoms with van der Waals surface area (Å²) in [7, 11) is 0. The van der Waals surface area contributed by atoms with Gasteiger partial charge in [-0.2, -0.15) is 4.57 Å². The minimum Gasteiger partial charge on any atom is -0.492 e. The molecule has 1 amide bonds. The number of anilines is 1. The van der Waals surface area contributed by atoms with E-state index in [1.165, 1.54) is 89.0 Å². The maximum absolute atomic E-state index is 12.5. The third kappa shape index (κ3) is 13.3. The maximum atomic E-state index is 12.5. The van der Waals surface area contributed by atoms with Gasteiger partial charge in [-0.05, 0) is 42.7 Å². The maximum Gasteiger partial charge on any atom is 0.224 e. The van der Waals surface area contributed by atoms with Crippen LogP contribution in [0.2, 0.25) is 5.02 Å². The Kier molecular flexibility index (Phi) is 16.7. The normalized spacial score (nSPS) is 11.1. The largest absolute Gasteiger partial charge is 0.492 e. The van der Waals surface area contributed by atoms with E-state index in [1.807, 2.05) is 29.2 Å². The molecule has 3 aromatic rings. The van der Waals surface area contributed by atoms with E-state index in [1.54, 1.807) is 18.3 Å². The van der Waals surface area contributed by atoms with Gasteiger partial charge < -0.3 is 9.64 Å². The average Bonchev–Trinajstić information content (AvgIpc) is 3.49. The molecule has 4 nitrogen and oxygen atoms in total. The smallest absolute Gasteiger partial charge is 0.224 e. The first-order valence-electron chi connectivity index (χ1n) is 16.3. The first-order chi connectivity index (χ1) is 20.6. The van der Waals surface area contributed by atoms with Gasteiger partial charge in [0.1, 0.15) is 5.75 Å². The van der Waals surface area contributed by atoms with Crippen LogP contribution in [0.4, 0.5) is 5.69 Å². The lowest BCUT2D eigenvalue weighted by molar-refractivity contribution is -0.683. The van der Waals surface area contributed by atoms with Gasteiger partial charge in [0, 0.05) is 24.7 Å². The molecule has 0 saturated heterocycles. The van der Waals surface area contributed by atoms with Crippen molar-refractivity contribution in [2.45, 2.75) is 117 Å². The zero-order valence-corrected chi connectivity index (χ0v) is 27.6.